The average Bonchev–Trinajstić information content (AvgIpc) is 2.89. The van der Waals surface area contributed by atoms with Crippen LogP contribution in [0.2, 0.25) is 0 Å². The Labute approximate surface area is 148 Å². The molecular weight excluding hydrogens is 318 g/mol. The predicted molar refractivity (Wildman–Crippen MR) is 93.6 cm³/mol. The van der Waals surface area contributed by atoms with Crippen molar-refractivity contribution in [1.29, 1.82) is 0 Å². The minimum Gasteiger partial charge on any atom is -0.462 e. The number of esters is 1. The molecule has 0 N–H and O–H groups in total. The SMILES string of the molecule is CCCCCOC(=O)c1ccc2c(c1)C(=O)N(C1CCCCC1)C2=O. The fourth-order valence-corrected chi connectivity index (χ4v) is 3.66. The van der Waals surface area contributed by atoms with Crippen LogP contribution in [-0.4, -0.2) is 35.3 Å². The van der Waals surface area contributed by atoms with E-state index in [1.165, 1.54) is 11.0 Å². The molecule has 3 rings (SSSR count). The Morgan fingerprint density at radius 1 is 1.08 bits per heavy atom. The van der Waals surface area contributed by atoms with Crippen molar-refractivity contribution in [3.05, 3.63) is 34.9 Å². The van der Waals surface area contributed by atoms with Gasteiger partial charge in [-0.25, -0.2) is 4.79 Å². The molecule has 5 nitrogen and oxygen atoms in total. The number of amides is 2. The van der Waals surface area contributed by atoms with Crippen molar-refractivity contribution >= 4 is 17.8 Å². The summed E-state index contributed by atoms with van der Waals surface area (Å²) in [7, 11) is 0. The van der Waals surface area contributed by atoms with Crippen molar-refractivity contribution < 1.29 is 19.1 Å². The van der Waals surface area contributed by atoms with Gasteiger partial charge < -0.3 is 4.74 Å². The third-order valence-electron chi connectivity index (χ3n) is 5.07. The van der Waals surface area contributed by atoms with Gasteiger partial charge in [0.25, 0.3) is 11.8 Å². The van der Waals surface area contributed by atoms with E-state index in [0.717, 1.165) is 51.4 Å². The predicted octanol–water partition coefficient (Wildman–Crippen LogP) is 3.96. The largest absolute Gasteiger partial charge is 0.462 e. The fourth-order valence-electron chi connectivity index (χ4n) is 3.66. The lowest BCUT2D eigenvalue weighted by Crippen LogP contribution is -2.40. The number of unbranched alkanes of at least 4 members (excludes halogenated alkanes) is 2. The molecule has 1 aromatic carbocycles. The Bertz CT molecular complexity index is 676. The van der Waals surface area contributed by atoms with Crippen LogP contribution in [0.1, 0.15) is 89.4 Å². The van der Waals surface area contributed by atoms with Crippen molar-refractivity contribution in [2.45, 2.75) is 64.3 Å². The molecule has 0 spiro atoms. The lowest BCUT2D eigenvalue weighted by Gasteiger charge is -2.29. The van der Waals surface area contributed by atoms with Crippen LogP contribution < -0.4 is 0 Å². The van der Waals surface area contributed by atoms with Crippen molar-refractivity contribution in [3.8, 4) is 0 Å². The highest BCUT2D eigenvalue weighted by atomic mass is 16.5. The molecule has 1 heterocycles. The van der Waals surface area contributed by atoms with E-state index in [0.29, 0.717) is 23.3 Å². The van der Waals surface area contributed by atoms with E-state index in [1.54, 1.807) is 12.1 Å². The van der Waals surface area contributed by atoms with E-state index in [4.69, 9.17) is 4.74 Å². The Kier molecular flexibility index (Phi) is 5.51. The number of imide groups is 1. The number of benzene rings is 1. The molecule has 0 bridgehead atoms. The molecule has 1 aliphatic carbocycles. The molecule has 0 unspecified atom stereocenters. The Hall–Kier alpha value is -2.17. The second-order valence-electron chi connectivity index (χ2n) is 6.88. The summed E-state index contributed by atoms with van der Waals surface area (Å²) < 4.78 is 5.25. The normalized spacial score (nSPS) is 17.7. The van der Waals surface area contributed by atoms with Crippen LogP contribution in [0.5, 0.6) is 0 Å². The second kappa shape index (κ2) is 7.81. The summed E-state index contributed by atoms with van der Waals surface area (Å²) in [5.74, 6) is -0.933. The molecule has 5 heteroatoms. The Morgan fingerprint density at radius 3 is 2.52 bits per heavy atom. The van der Waals surface area contributed by atoms with Gasteiger partial charge in [-0.1, -0.05) is 39.0 Å². The first-order chi connectivity index (χ1) is 12.1. The highest BCUT2D eigenvalue weighted by Gasteiger charge is 2.40. The maximum absolute atomic E-state index is 12.7. The van der Waals surface area contributed by atoms with Crippen molar-refractivity contribution in [2.75, 3.05) is 6.61 Å². The Morgan fingerprint density at radius 2 is 1.80 bits per heavy atom. The van der Waals surface area contributed by atoms with Gasteiger partial charge in [0, 0.05) is 6.04 Å². The summed E-state index contributed by atoms with van der Waals surface area (Å²) in [5, 5.41) is 0. The van der Waals surface area contributed by atoms with Crippen LogP contribution in [0, 0.1) is 0 Å². The number of hydrogen-bond acceptors (Lipinski definition) is 4. The van der Waals surface area contributed by atoms with E-state index < -0.39 is 5.97 Å². The van der Waals surface area contributed by atoms with Gasteiger partial charge in [-0.05, 0) is 37.5 Å². The van der Waals surface area contributed by atoms with Crippen molar-refractivity contribution in [1.82, 2.24) is 4.90 Å². The van der Waals surface area contributed by atoms with Gasteiger partial charge in [0.2, 0.25) is 0 Å². The molecule has 0 aromatic heterocycles. The highest BCUT2D eigenvalue weighted by molar-refractivity contribution is 6.22. The van der Waals surface area contributed by atoms with Gasteiger partial charge in [0.15, 0.2) is 0 Å². The zero-order valence-electron chi connectivity index (χ0n) is 14.8. The molecule has 2 amide bonds. The van der Waals surface area contributed by atoms with Gasteiger partial charge in [-0.2, -0.15) is 0 Å². The van der Waals surface area contributed by atoms with E-state index in [2.05, 4.69) is 6.92 Å². The molecule has 1 saturated carbocycles. The summed E-state index contributed by atoms with van der Waals surface area (Å²) in [6.45, 7) is 2.47. The van der Waals surface area contributed by atoms with Crippen LogP contribution in [0.3, 0.4) is 0 Å². The number of nitrogens with zero attached hydrogens (tertiary/aromatic N) is 1. The topological polar surface area (TPSA) is 63.7 Å². The standard InChI is InChI=1S/C20H25NO4/c1-2-3-7-12-25-20(24)14-10-11-16-17(13-14)19(23)21(18(16)22)15-8-5-4-6-9-15/h10-11,13,15H,2-9,12H2,1H3. The zero-order valence-corrected chi connectivity index (χ0v) is 14.8. The molecule has 1 fully saturated rings. The van der Waals surface area contributed by atoms with E-state index in [1.807, 2.05) is 0 Å². The maximum Gasteiger partial charge on any atom is 0.338 e. The number of carbonyl (C=O) groups excluding carboxylic acids is 3. The summed E-state index contributed by atoms with van der Waals surface area (Å²) in [6, 6.07) is 4.67. The van der Waals surface area contributed by atoms with Crippen LogP contribution in [-0.2, 0) is 4.74 Å². The van der Waals surface area contributed by atoms with Gasteiger partial charge in [0.05, 0.1) is 23.3 Å². The first kappa shape index (κ1) is 17.6. The molecule has 0 saturated heterocycles. The monoisotopic (exact) mass is 343 g/mol. The summed E-state index contributed by atoms with van der Waals surface area (Å²) in [4.78, 5) is 38.9. The van der Waals surface area contributed by atoms with E-state index in [9.17, 15) is 14.4 Å². The van der Waals surface area contributed by atoms with Crippen LogP contribution in [0.4, 0.5) is 0 Å². The summed E-state index contributed by atoms with van der Waals surface area (Å²) in [6.07, 6.45) is 7.91. The fraction of sp³-hybridized carbons (Fsp3) is 0.550. The summed E-state index contributed by atoms with van der Waals surface area (Å²) in [5.41, 5.74) is 1.07. The first-order valence-corrected chi connectivity index (χ1v) is 9.32. The molecule has 0 atom stereocenters. The minimum atomic E-state index is -0.435. The molecule has 1 aromatic rings. The lowest BCUT2D eigenvalue weighted by molar-refractivity contribution is 0.0497. The molecular formula is C20H25NO4. The number of hydrogen-bond donors (Lipinski definition) is 0. The first-order valence-electron chi connectivity index (χ1n) is 9.32. The Balaban J connectivity index is 1.73. The third kappa shape index (κ3) is 3.60. The molecule has 134 valence electrons. The van der Waals surface area contributed by atoms with Crippen LogP contribution in [0.25, 0.3) is 0 Å². The molecule has 2 aliphatic rings. The molecule has 25 heavy (non-hydrogen) atoms. The average molecular weight is 343 g/mol. The number of rotatable bonds is 6. The quantitative estimate of drug-likeness (QED) is 0.445. The van der Waals surface area contributed by atoms with Gasteiger partial charge >= 0.3 is 5.97 Å². The summed E-state index contributed by atoms with van der Waals surface area (Å²) >= 11 is 0. The number of fused-ring (bicyclic) bond motifs is 1. The maximum atomic E-state index is 12.7. The molecule has 1 aliphatic heterocycles. The minimum absolute atomic E-state index is 0.00871. The van der Waals surface area contributed by atoms with Crippen molar-refractivity contribution in [2.24, 2.45) is 0 Å². The van der Waals surface area contributed by atoms with Crippen LogP contribution in [0.15, 0.2) is 18.2 Å². The second-order valence-corrected chi connectivity index (χ2v) is 6.88. The third-order valence-corrected chi connectivity index (χ3v) is 5.07. The van der Waals surface area contributed by atoms with Gasteiger partial charge in [-0.15, -0.1) is 0 Å². The molecule has 0 radical (unpaired) electrons. The smallest absolute Gasteiger partial charge is 0.338 e. The van der Waals surface area contributed by atoms with Crippen LogP contribution >= 0.6 is 0 Å². The zero-order chi connectivity index (χ0) is 17.8. The number of carbonyl (C=O) groups is 3. The van der Waals surface area contributed by atoms with Gasteiger partial charge in [0.1, 0.15) is 0 Å². The number of ether oxygens (including phenoxy) is 1. The lowest BCUT2D eigenvalue weighted by atomic mass is 9.94. The van der Waals surface area contributed by atoms with Crippen molar-refractivity contribution in [3.63, 3.8) is 0 Å². The highest BCUT2D eigenvalue weighted by Crippen LogP contribution is 2.31. The van der Waals surface area contributed by atoms with E-state index in [-0.39, 0.29) is 17.9 Å². The van der Waals surface area contributed by atoms with E-state index >= 15 is 0 Å². The van der Waals surface area contributed by atoms with Gasteiger partial charge in [-0.3, -0.25) is 14.5 Å².